The summed E-state index contributed by atoms with van der Waals surface area (Å²) < 4.78 is 0. The number of piperidine rings is 1. The van der Waals surface area contributed by atoms with Crippen molar-refractivity contribution >= 4 is 0 Å². The van der Waals surface area contributed by atoms with Crippen molar-refractivity contribution in [3.8, 4) is 0 Å². The Hall–Kier alpha value is -1.60. The third-order valence-electron chi connectivity index (χ3n) is 6.05. The fraction of sp³-hybridized carbons (Fsp3) is 0.500. The van der Waals surface area contributed by atoms with Crippen LogP contribution in [-0.4, -0.2) is 24.5 Å². The standard InChI is InChI=1S/C24H31N/c1-2-16-25(17-3-1)18-4-5-24-19-22-11-10-20-6-8-21(9-7-20)12-14-23(24)15-13-22/h6-9,13,15,19H,1-5,10-12,14,16-18H2. The van der Waals surface area contributed by atoms with Gasteiger partial charge in [-0.25, -0.2) is 0 Å². The van der Waals surface area contributed by atoms with Gasteiger partial charge >= 0.3 is 0 Å². The molecule has 132 valence electrons. The maximum atomic E-state index is 2.67. The second-order valence-electron chi connectivity index (χ2n) is 7.93. The van der Waals surface area contributed by atoms with Crippen LogP contribution in [0.1, 0.15) is 53.5 Å². The lowest BCUT2D eigenvalue weighted by Crippen LogP contribution is -2.30. The van der Waals surface area contributed by atoms with Gasteiger partial charge < -0.3 is 4.90 Å². The highest BCUT2D eigenvalue weighted by molar-refractivity contribution is 5.35. The fourth-order valence-electron chi connectivity index (χ4n) is 4.43. The Morgan fingerprint density at radius 2 is 1.32 bits per heavy atom. The van der Waals surface area contributed by atoms with Crippen LogP contribution in [0.15, 0.2) is 42.5 Å². The van der Waals surface area contributed by atoms with Crippen LogP contribution < -0.4 is 0 Å². The molecule has 1 nitrogen and oxygen atoms in total. The first-order valence-corrected chi connectivity index (χ1v) is 10.3. The van der Waals surface area contributed by atoms with E-state index in [1.54, 1.807) is 11.1 Å². The van der Waals surface area contributed by atoms with Crippen molar-refractivity contribution in [1.82, 2.24) is 4.90 Å². The minimum atomic E-state index is 1.16. The first kappa shape index (κ1) is 16.8. The Bertz CT molecular complexity index is 680. The molecular formula is C24H31N. The van der Waals surface area contributed by atoms with E-state index in [0.717, 1.165) is 6.42 Å². The molecule has 0 aromatic heterocycles. The largest absolute Gasteiger partial charge is 0.303 e. The highest BCUT2D eigenvalue weighted by Gasteiger charge is 2.11. The highest BCUT2D eigenvalue weighted by atomic mass is 15.1. The molecule has 0 radical (unpaired) electrons. The van der Waals surface area contributed by atoms with E-state index in [-0.39, 0.29) is 0 Å². The molecule has 4 aliphatic carbocycles. The molecule has 7 rings (SSSR count). The summed E-state index contributed by atoms with van der Waals surface area (Å²) in [4.78, 5) is 2.67. The maximum absolute atomic E-state index is 2.67. The first-order chi connectivity index (χ1) is 12.4. The Kier molecular flexibility index (Phi) is 5.52. The number of hydrogen-bond acceptors (Lipinski definition) is 1. The van der Waals surface area contributed by atoms with Crippen LogP contribution in [0, 0.1) is 0 Å². The summed E-state index contributed by atoms with van der Waals surface area (Å²) in [6.07, 6.45) is 11.5. The summed E-state index contributed by atoms with van der Waals surface area (Å²) in [5, 5.41) is 0. The van der Waals surface area contributed by atoms with Crippen LogP contribution in [0.4, 0.5) is 0 Å². The van der Waals surface area contributed by atoms with Crippen molar-refractivity contribution in [3.05, 3.63) is 70.3 Å². The van der Waals surface area contributed by atoms with E-state index in [2.05, 4.69) is 47.4 Å². The first-order valence-electron chi connectivity index (χ1n) is 10.3. The lowest BCUT2D eigenvalue weighted by Gasteiger charge is -2.26. The average molecular weight is 334 g/mol. The molecule has 25 heavy (non-hydrogen) atoms. The molecule has 4 bridgehead atoms. The molecule has 0 atom stereocenters. The predicted molar refractivity (Wildman–Crippen MR) is 106 cm³/mol. The van der Waals surface area contributed by atoms with Crippen LogP contribution in [0.3, 0.4) is 0 Å². The van der Waals surface area contributed by atoms with Crippen LogP contribution in [-0.2, 0) is 32.1 Å². The smallest absolute Gasteiger partial charge is 0.00156 e. The molecule has 2 aromatic carbocycles. The zero-order valence-corrected chi connectivity index (χ0v) is 15.5. The molecule has 5 aliphatic rings. The van der Waals surface area contributed by atoms with Gasteiger partial charge in [0.25, 0.3) is 0 Å². The highest BCUT2D eigenvalue weighted by Crippen LogP contribution is 2.21. The zero-order valence-electron chi connectivity index (χ0n) is 15.5. The van der Waals surface area contributed by atoms with E-state index >= 15 is 0 Å². The van der Waals surface area contributed by atoms with Crippen LogP contribution in [0.5, 0.6) is 0 Å². The molecule has 0 unspecified atom stereocenters. The van der Waals surface area contributed by atoms with E-state index < -0.39 is 0 Å². The van der Waals surface area contributed by atoms with Gasteiger partial charge in [0.2, 0.25) is 0 Å². The number of likely N-dealkylation sites (tertiary alicyclic amines) is 1. The topological polar surface area (TPSA) is 3.24 Å². The van der Waals surface area contributed by atoms with E-state index in [9.17, 15) is 0 Å². The lowest BCUT2D eigenvalue weighted by molar-refractivity contribution is 0.226. The van der Waals surface area contributed by atoms with Gasteiger partial charge in [0.05, 0.1) is 0 Å². The SMILES string of the molecule is c1cc2ccc1CCc1ccc(c(CCCN3CCCCC3)c1)CC2. The number of hydrogen-bond donors (Lipinski definition) is 0. The van der Waals surface area contributed by atoms with Gasteiger partial charge in [-0.15, -0.1) is 0 Å². The van der Waals surface area contributed by atoms with Crippen molar-refractivity contribution < 1.29 is 0 Å². The van der Waals surface area contributed by atoms with Gasteiger partial charge in [-0.3, -0.25) is 0 Å². The van der Waals surface area contributed by atoms with Crippen LogP contribution in [0.2, 0.25) is 0 Å². The van der Waals surface area contributed by atoms with Crippen molar-refractivity contribution in [1.29, 1.82) is 0 Å². The molecule has 1 heterocycles. The van der Waals surface area contributed by atoms with Gasteiger partial charge in [-0.1, -0.05) is 48.9 Å². The molecule has 0 N–H and O–H groups in total. The summed E-state index contributed by atoms with van der Waals surface area (Å²) in [7, 11) is 0. The van der Waals surface area contributed by atoms with Crippen molar-refractivity contribution in [3.63, 3.8) is 0 Å². The molecule has 1 heteroatoms. The van der Waals surface area contributed by atoms with Crippen LogP contribution in [0.25, 0.3) is 0 Å². The molecule has 1 saturated heterocycles. The van der Waals surface area contributed by atoms with Crippen LogP contribution >= 0.6 is 0 Å². The van der Waals surface area contributed by atoms with Gasteiger partial charge in [-0.2, -0.15) is 0 Å². The summed E-state index contributed by atoms with van der Waals surface area (Å²) in [5.41, 5.74) is 7.66. The summed E-state index contributed by atoms with van der Waals surface area (Å²) >= 11 is 0. The average Bonchev–Trinajstić information content (AvgIpc) is 2.65. The van der Waals surface area contributed by atoms with E-state index in [1.165, 1.54) is 87.7 Å². The second kappa shape index (κ2) is 8.19. The summed E-state index contributed by atoms with van der Waals surface area (Å²) in [5.74, 6) is 0. The monoisotopic (exact) mass is 333 g/mol. The van der Waals surface area contributed by atoms with Gasteiger partial charge in [-0.05, 0) is 98.8 Å². The molecule has 0 spiro atoms. The predicted octanol–water partition coefficient (Wildman–Crippen LogP) is 4.99. The third-order valence-corrected chi connectivity index (χ3v) is 6.05. The van der Waals surface area contributed by atoms with E-state index in [4.69, 9.17) is 0 Å². The number of nitrogens with zero attached hydrogens (tertiary/aromatic N) is 1. The molecule has 0 saturated carbocycles. The Morgan fingerprint density at radius 1 is 0.680 bits per heavy atom. The quantitative estimate of drug-likeness (QED) is 0.762. The van der Waals surface area contributed by atoms with E-state index in [0.29, 0.717) is 0 Å². The molecular weight excluding hydrogens is 302 g/mol. The molecule has 1 aliphatic heterocycles. The minimum Gasteiger partial charge on any atom is -0.303 e. The normalized spacial score (nSPS) is 18.1. The van der Waals surface area contributed by atoms with Gasteiger partial charge in [0, 0.05) is 0 Å². The summed E-state index contributed by atoms with van der Waals surface area (Å²) in [6, 6.07) is 16.6. The van der Waals surface area contributed by atoms with Crippen molar-refractivity contribution in [2.24, 2.45) is 0 Å². The van der Waals surface area contributed by atoms with Crippen molar-refractivity contribution in [2.75, 3.05) is 19.6 Å². The zero-order chi connectivity index (χ0) is 16.9. The Labute approximate surface area is 153 Å². The maximum Gasteiger partial charge on any atom is -0.00156 e. The molecule has 2 aromatic rings. The number of rotatable bonds is 4. The fourth-order valence-corrected chi connectivity index (χ4v) is 4.43. The van der Waals surface area contributed by atoms with Crippen molar-refractivity contribution in [2.45, 2.75) is 57.8 Å². The molecule has 0 amide bonds. The van der Waals surface area contributed by atoms with E-state index in [1.807, 2.05) is 0 Å². The number of benzene rings is 2. The molecule has 1 fully saturated rings. The second-order valence-corrected chi connectivity index (χ2v) is 7.93. The number of aryl methyl sites for hydroxylation is 5. The Morgan fingerprint density at radius 3 is 2.08 bits per heavy atom. The van der Waals surface area contributed by atoms with Gasteiger partial charge in [0.15, 0.2) is 0 Å². The summed E-state index contributed by atoms with van der Waals surface area (Å²) in [6.45, 7) is 3.93. The van der Waals surface area contributed by atoms with Gasteiger partial charge in [0.1, 0.15) is 0 Å². The minimum absolute atomic E-state index is 1.16. The lowest BCUT2D eigenvalue weighted by atomic mass is 9.91. The Balaban J connectivity index is 1.44. The third kappa shape index (κ3) is 4.52.